The molecule has 2 aromatic carbocycles. The van der Waals surface area contributed by atoms with E-state index in [2.05, 4.69) is 15.4 Å². The average molecular weight is 386 g/mol. The maximum absolute atomic E-state index is 14.0. The highest BCUT2D eigenvalue weighted by Gasteiger charge is 2.33. The number of aromatic nitrogens is 4. The Hall–Kier alpha value is -2.80. The third kappa shape index (κ3) is 3.98. The fourth-order valence-electron chi connectivity index (χ4n) is 2.89. The monoisotopic (exact) mass is 385 g/mol. The summed E-state index contributed by atoms with van der Waals surface area (Å²) >= 11 is 6.15. The van der Waals surface area contributed by atoms with Crippen molar-refractivity contribution in [3.63, 3.8) is 0 Å². The molecule has 3 aromatic rings. The van der Waals surface area contributed by atoms with Crippen LogP contribution < -0.4 is 0 Å². The van der Waals surface area contributed by atoms with Gasteiger partial charge in [0.05, 0.1) is 5.02 Å². The van der Waals surface area contributed by atoms with Crippen LogP contribution in [0, 0.1) is 5.82 Å². The van der Waals surface area contributed by atoms with Crippen LogP contribution in [0.5, 0.6) is 0 Å². The van der Waals surface area contributed by atoms with Crippen LogP contribution in [0.15, 0.2) is 48.5 Å². The smallest absolute Gasteiger partial charge is 0.246 e. The van der Waals surface area contributed by atoms with Crippen molar-refractivity contribution in [3.8, 4) is 11.4 Å². The summed E-state index contributed by atoms with van der Waals surface area (Å²) < 4.78 is 14.0. The number of nitrogens with zero attached hydrogens (tertiary/aromatic N) is 5. The van der Waals surface area contributed by atoms with Crippen LogP contribution in [0.25, 0.3) is 11.4 Å². The lowest BCUT2D eigenvalue weighted by Crippen LogP contribution is -2.36. The molecule has 0 aliphatic heterocycles. The van der Waals surface area contributed by atoms with Gasteiger partial charge in [-0.05, 0) is 36.3 Å². The normalized spacial score (nSPS) is 13.6. The summed E-state index contributed by atoms with van der Waals surface area (Å²) in [6.07, 6.45) is 1.85. The second-order valence-electron chi connectivity index (χ2n) is 6.47. The Labute approximate surface area is 160 Å². The molecule has 0 bridgehead atoms. The van der Waals surface area contributed by atoms with Crippen molar-refractivity contribution in [2.45, 2.75) is 32.0 Å². The number of carbonyl (C=O) groups is 1. The summed E-state index contributed by atoms with van der Waals surface area (Å²) in [6, 6.07) is 13.8. The van der Waals surface area contributed by atoms with E-state index in [1.165, 1.54) is 10.9 Å². The van der Waals surface area contributed by atoms with Crippen LogP contribution in [0.3, 0.4) is 0 Å². The third-order valence-electron chi connectivity index (χ3n) is 4.45. The van der Waals surface area contributed by atoms with Crippen LogP contribution in [-0.4, -0.2) is 37.1 Å². The van der Waals surface area contributed by atoms with Gasteiger partial charge in [0, 0.05) is 23.7 Å². The lowest BCUT2D eigenvalue weighted by atomic mass is 10.2. The quantitative estimate of drug-likeness (QED) is 0.653. The summed E-state index contributed by atoms with van der Waals surface area (Å²) in [4.78, 5) is 15.7. The minimum atomic E-state index is -0.309. The zero-order chi connectivity index (χ0) is 18.8. The predicted molar refractivity (Wildman–Crippen MR) is 98.2 cm³/mol. The summed E-state index contributed by atoms with van der Waals surface area (Å²) in [5.74, 6) is -0.111. The molecule has 1 fully saturated rings. The number of rotatable bonds is 6. The largest absolute Gasteiger partial charge is 0.334 e. The molecule has 0 spiro atoms. The van der Waals surface area contributed by atoms with Crippen molar-refractivity contribution in [1.82, 2.24) is 25.1 Å². The molecule has 4 rings (SSSR count). The molecule has 6 nitrogen and oxygen atoms in total. The maximum atomic E-state index is 14.0. The molecule has 0 atom stereocenters. The number of hydrogen-bond donors (Lipinski definition) is 0. The highest BCUT2D eigenvalue weighted by atomic mass is 35.5. The van der Waals surface area contributed by atoms with Gasteiger partial charge in [-0.15, -0.1) is 10.2 Å². The molecular formula is C19H17ClFN5O. The summed E-state index contributed by atoms with van der Waals surface area (Å²) in [7, 11) is 0. The van der Waals surface area contributed by atoms with Gasteiger partial charge in [0.2, 0.25) is 11.7 Å². The van der Waals surface area contributed by atoms with Gasteiger partial charge in [0.1, 0.15) is 12.4 Å². The Bertz CT molecular complexity index is 972. The molecule has 0 unspecified atom stereocenters. The van der Waals surface area contributed by atoms with E-state index in [1.54, 1.807) is 35.2 Å². The van der Waals surface area contributed by atoms with Gasteiger partial charge in [-0.2, -0.15) is 4.80 Å². The standard InChI is InChI=1S/C19H17ClFN5O/c20-16-7-3-2-6-15(16)19-22-24-26(23-19)12-18(27)25(14-9-10-14)11-13-5-1-4-8-17(13)21/h1-8,14H,9-12H2. The van der Waals surface area contributed by atoms with Crippen molar-refractivity contribution < 1.29 is 9.18 Å². The van der Waals surface area contributed by atoms with Crippen LogP contribution >= 0.6 is 11.6 Å². The number of tetrazole rings is 1. The third-order valence-corrected chi connectivity index (χ3v) is 4.78. The zero-order valence-electron chi connectivity index (χ0n) is 14.4. The molecule has 8 heteroatoms. The molecular weight excluding hydrogens is 369 g/mol. The SMILES string of the molecule is O=C(Cn1nnc(-c2ccccc2Cl)n1)N(Cc1ccccc1F)C1CC1. The topological polar surface area (TPSA) is 63.9 Å². The van der Waals surface area contributed by atoms with Gasteiger partial charge in [-0.25, -0.2) is 4.39 Å². The second kappa shape index (κ2) is 7.44. The minimum absolute atomic E-state index is 0.0532. The van der Waals surface area contributed by atoms with E-state index in [1.807, 2.05) is 12.1 Å². The Morgan fingerprint density at radius 2 is 1.93 bits per heavy atom. The van der Waals surface area contributed by atoms with E-state index in [9.17, 15) is 9.18 Å². The van der Waals surface area contributed by atoms with Crippen molar-refractivity contribution in [3.05, 3.63) is 64.9 Å². The number of amides is 1. The van der Waals surface area contributed by atoms with E-state index in [-0.39, 0.29) is 30.9 Å². The summed E-state index contributed by atoms with van der Waals surface area (Å²) in [5.41, 5.74) is 1.16. The first kappa shape index (κ1) is 17.6. The summed E-state index contributed by atoms with van der Waals surface area (Å²) in [6.45, 7) is 0.185. The van der Waals surface area contributed by atoms with Crippen LogP contribution in [0.4, 0.5) is 4.39 Å². The number of benzene rings is 2. The van der Waals surface area contributed by atoms with Crippen LogP contribution in [-0.2, 0) is 17.9 Å². The van der Waals surface area contributed by atoms with Gasteiger partial charge in [-0.3, -0.25) is 4.79 Å². The Morgan fingerprint density at radius 3 is 2.67 bits per heavy atom. The van der Waals surface area contributed by atoms with E-state index in [4.69, 9.17) is 11.6 Å². The van der Waals surface area contributed by atoms with Crippen molar-refractivity contribution in [2.75, 3.05) is 0 Å². The Kier molecular flexibility index (Phi) is 4.85. The molecule has 1 aliphatic carbocycles. The van der Waals surface area contributed by atoms with Gasteiger partial charge in [0.25, 0.3) is 0 Å². The van der Waals surface area contributed by atoms with E-state index in [0.29, 0.717) is 22.0 Å². The van der Waals surface area contributed by atoms with Crippen molar-refractivity contribution >= 4 is 17.5 Å². The zero-order valence-corrected chi connectivity index (χ0v) is 15.2. The fraction of sp³-hybridized carbons (Fsp3) is 0.263. The maximum Gasteiger partial charge on any atom is 0.246 e. The number of halogens is 2. The van der Waals surface area contributed by atoms with Crippen molar-refractivity contribution in [2.24, 2.45) is 0 Å². The van der Waals surface area contributed by atoms with Gasteiger partial charge in [-0.1, -0.05) is 41.9 Å². The van der Waals surface area contributed by atoms with Gasteiger partial charge >= 0.3 is 0 Å². The van der Waals surface area contributed by atoms with E-state index < -0.39 is 0 Å². The molecule has 1 aromatic heterocycles. The Morgan fingerprint density at radius 1 is 1.19 bits per heavy atom. The lowest BCUT2D eigenvalue weighted by Gasteiger charge is -2.22. The van der Waals surface area contributed by atoms with Crippen LogP contribution in [0.2, 0.25) is 5.02 Å². The van der Waals surface area contributed by atoms with Crippen molar-refractivity contribution in [1.29, 1.82) is 0 Å². The fourth-order valence-corrected chi connectivity index (χ4v) is 3.11. The first-order chi connectivity index (χ1) is 13.1. The molecule has 1 saturated carbocycles. The number of hydrogen-bond acceptors (Lipinski definition) is 4. The highest BCUT2D eigenvalue weighted by Crippen LogP contribution is 2.29. The van der Waals surface area contributed by atoms with E-state index in [0.717, 1.165) is 12.8 Å². The van der Waals surface area contributed by atoms with Crippen LogP contribution in [0.1, 0.15) is 18.4 Å². The van der Waals surface area contributed by atoms with E-state index >= 15 is 0 Å². The molecule has 1 amide bonds. The second-order valence-corrected chi connectivity index (χ2v) is 6.87. The average Bonchev–Trinajstić information content (AvgIpc) is 3.40. The molecule has 138 valence electrons. The molecule has 0 N–H and O–H groups in total. The minimum Gasteiger partial charge on any atom is -0.334 e. The number of carbonyl (C=O) groups excluding carboxylic acids is 1. The first-order valence-electron chi connectivity index (χ1n) is 8.67. The Balaban J connectivity index is 1.49. The van der Waals surface area contributed by atoms with Gasteiger partial charge < -0.3 is 4.90 Å². The molecule has 0 radical (unpaired) electrons. The lowest BCUT2D eigenvalue weighted by molar-refractivity contribution is -0.133. The van der Waals surface area contributed by atoms with Gasteiger partial charge in [0.15, 0.2) is 0 Å². The predicted octanol–water partition coefficient (Wildman–Crippen LogP) is 3.32. The molecule has 0 saturated heterocycles. The molecule has 27 heavy (non-hydrogen) atoms. The molecule has 1 aliphatic rings. The first-order valence-corrected chi connectivity index (χ1v) is 9.05. The summed E-state index contributed by atoms with van der Waals surface area (Å²) in [5, 5.41) is 12.7. The highest BCUT2D eigenvalue weighted by molar-refractivity contribution is 6.33. The molecule has 1 heterocycles.